The lowest BCUT2D eigenvalue weighted by Gasteiger charge is -2.33. The van der Waals surface area contributed by atoms with E-state index in [1.54, 1.807) is 36.4 Å². The average molecular weight is 570 g/mol. The molecule has 0 aromatic heterocycles. The van der Waals surface area contributed by atoms with E-state index in [-0.39, 0.29) is 29.8 Å². The van der Waals surface area contributed by atoms with Crippen molar-refractivity contribution < 1.29 is 18.0 Å². The summed E-state index contributed by atoms with van der Waals surface area (Å²) >= 11 is 6.07. The normalized spacial score (nSPS) is 13.1. The van der Waals surface area contributed by atoms with Crippen molar-refractivity contribution in [3.8, 4) is 0 Å². The molecule has 0 unspecified atom stereocenters. The molecule has 1 N–H and O–H groups in total. The van der Waals surface area contributed by atoms with Crippen LogP contribution in [0.1, 0.15) is 37.0 Å². The Hall–Kier alpha value is -3.20. The minimum absolute atomic E-state index is 0.0900. The van der Waals surface area contributed by atoms with E-state index in [9.17, 15) is 18.0 Å². The van der Waals surface area contributed by atoms with Gasteiger partial charge < -0.3 is 10.2 Å². The van der Waals surface area contributed by atoms with Crippen molar-refractivity contribution in [2.45, 2.75) is 57.1 Å². The number of halogens is 1. The molecule has 0 bridgehead atoms. The number of carbonyl (C=O) groups excluding carboxylic acids is 2. The Morgan fingerprint density at radius 1 is 0.923 bits per heavy atom. The number of aryl methyl sites for hydroxylation is 1. The van der Waals surface area contributed by atoms with Crippen LogP contribution in [0.25, 0.3) is 0 Å². The number of amides is 2. The van der Waals surface area contributed by atoms with Gasteiger partial charge in [0.2, 0.25) is 21.8 Å². The molecule has 3 aromatic carbocycles. The van der Waals surface area contributed by atoms with Gasteiger partial charge in [0.05, 0.1) is 11.4 Å². The summed E-state index contributed by atoms with van der Waals surface area (Å²) in [5.74, 6) is -0.775. The quantitative estimate of drug-likeness (QED) is 0.339. The molecule has 9 heteroatoms. The number of sulfonamides is 1. The van der Waals surface area contributed by atoms with Crippen LogP contribution < -0.4 is 5.32 Å². The van der Waals surface area contributed by atoms with Crippen LogP contribution in [0.4, 0.5) is 0 Å². The molecule has 3 rings (SSSR count). The summed E-state index contributed by atoms with van der Waals surface area (Å²) in [4.78, 5) is 29.0. The van der Waals surface area contributed by atoms with E-state index in [0.717, 1.165) is 27.4 Å². The van der Waals surface area contributed by atoms with Crippen molar-refractivity contribution in [3.05, 3.63) is 101 Å². The van der Waals surface area contributed by atoms with Gasteiger partial charge in [0.15, 0.2) is 0 Å². The van der Waals surface area contributed by atoms with Gasteiger partial charge in [-0.25, -0.2) is 8.42 Å². The summed E-state index contributed by atoms with van der Waals surface area (Å²) in [7, 11) is -2.55. The van der Waals surface area contributed by atoms with E-state index in [1.165, 1.54) is 24.1 Å². The number of nitrogens with one attached hydrogen (secondary N) is 1. The van der Waals surface area contributed by atoms with Crippen molar-refractivity contribution in [1.82, 2.24) is 14.5 Å². The molecule has 2 atom stereocenters. The smallest absolute Gasteiger partial charge is 0.243 e. The van der Waals surface area contributed by atoms with E-state index in [0.29, 0.717) is 5.02 Å². The first kappa shape index (κ1) is 30.3. The maximum atomic E-state index is 13.9. The molecule has 0 saturated carbocycles. The van der Waals surface area contributed by atoms with E-state index < -0.39 is 28.5 Å². The molecule has 7 nitrogen and oxygen atoms in total. The molecule has 39 heavy (non-hydrogen) atoms. The first-order chi connectivity index (χ1) is 18.5. The molecule has 0 spiro atoms. The Morgan fingerprint density at radius 2 is 1.54 bits per heavy atom. The molecule has 0 saturated heterocycles. The second-order valence-corrected chi connectivity index (χ2v) is 12.2. The highest BCUT2D eigenvalue weighted by atomic mass is 35.5. The molecule has 0 aliphatic carbocycles. The van der Waals surface area contributed by atoms with Gasteiger partial charge >= 0.3 is 0 Å². The Labute approximate surface area is 236 Å². The molecular formula is C30H36ClN3O4S. The fraction of sp³-hybridized carbons (Fsp3) is 0.333. The van der Waals surface area contributed by atoms with Crippen molar-refractivity contribution in [3.63, 3.8) is 0 Å². The van der Waals surface area contributed by atoms with Crippen LogP contribution in [-0.4, -0.2) is 55.1 Å². The minimum atomic E-state index is -3.92. The molecule has 0 fully saturated rings. The third-order valence-corrected chi connectivity index (χ3v) is 8.69. The number of hydrogen-bond donors (Lipinski definition) is 1. The number of nitrogens with zero attached hydrogens (tertiary/aromatic N) is 2. The molecule has 208 valence electrons. The minimum Gasteiger partial charge on any atom is -0.352 e. The van der Waals surface area contributed by atoms with Crippen LogP contribution in [0.2, 0.25) is 5.02 Å². The van der Waals surface area contributed by atoms with Gasteiger partial charge in [0.25, 0.3) is 0 Å². The Balaban J connectivity index is 1.97. The second kappa shape index (κ2) is 13.7. The predicted octanol–water partition coefficient (Wildman–Crippen LogP) is 4.82. The second-order valence-electron chi connectivity index (χ2n) is 9.75. The number of rotatable bonds is 12. The SMILES string of the molecule is CC[C@H](C)NC(=O)[C@H](Cc1ccccc1)N(Cc1ccc(Cl)cc1)C(=O)CN(C)S(=O)(=O)c1ccc(C)cc1. The van der Waals surface area contributed by atoms with Gasteiger partial charge in [-0.2, -0.15) is 4.31 Å². The zero-order valence-electron chi connectivity index (χ0n) is 22.8. The maximum Gasteiger partial charge on any atom is 0.243 e. The highest BCUT2D eigenvalue weighted by Crippen LogP contribution is 2.19. The van der Waals surface area contributed by atoms with Gasteiger partial charge in [0.1, 0.15) is 6.04 Å². The summed E-state index contributed by atoms with van der Waals surface area (Å²) in [6, 6.07) is 22.0. The number of likely N-dealkylation sites (N-methyl/N-ethyl adjacent to an activating group) is 1. The van der Waals surface area contributed by atoms with Crippen molar-refractivity contribution >= 4 is 33.4 Å². The first-order valence-electron chi connectivity index (χ1n) is 12.9. The number of benzene rings is 3. The predicted molar refractivity (Wildman–Crippen MR) is 155 cm³/mol. The highest BCUT2D eigenvalue weighted by Gasteiger charge is 2.33. The van der Waals surface area contributed by atoms with E-state index in [1.807, 2.05) is 51.1 Å². The van der Waals surface area contributed by atoms with Gasteiger partial charge in [-0.15, -0.1) is 0 Å². The van der Waals surface area contributed by atoms with Gasteiger partial charge in [-0.3, -0.25) is 9.59 Å². The summed E-state index contributed by atoms with van der Waals surface area (Å²) in [6.45, 7) is 5.44. The van der Waals surface area contributed by atoms with E-state index in [4.69, 9.17) is 11.6 Å². The van der Waals surface area contributed by atoms with Crippen LogP contribution in [0, 0.1) is 6.92 Å². The summed E-state index contributed by atoms with van der Waals surface area (Å²) in [5.41, 5.74) is 2.58. The average Bonchev–Trinajstić information content (AvgIpc) is 2.92. The van der Waals surface area contributed by atoms with Gasteiger partial charge in [0, 0.05) is 31.1 Å². The Morgan fingerprint density at radius 3 is 2.13 bits per heavy atom. The van der Waals surface area contributed by atoms with Crippen LogP contribution in [0.3, 0.4) is 0 Å². The highest BCUT2D eigenvalue weighted by molar-refractivity contribution is 7.89. The van der Waals surface area contributed by atoms with Crippen molar-refractivity contribution in [2.75, 3.05) is 13.6 Å². The standard InChI is InChI=1S/C30H36ClN3O4S/c1-5-23(3)32-30(36)28(19-24-9-7-6-8-10-24)34(20-25-13-15-26(31)16-14-25)29(35)21-33(4)39(37,38)27-17-11-22(2)12-18-27/h6-18,23,28H,5,19-21H2,1-4H3,(H,32,36)/t23-,28-/m0/s1. The third-order valence-electron chi connectivity index (χ3n) is 6.63. The zero-order chi connectivity index (χ0) is 28.6. The molecule has 0 aliphatic heterocycles. The van der Waals surface area contributed by atoms with Crippen molar-refractivity contribution in [1.29, 1.82) is 0 Å². The summed E-state index contributed by atoms with van der Waals surface area (Å²) in [6.07, 6.45) is 1.00. The topological polar surface area (TPSA) is 86.8 Å². The fourth-order valence-electron chi connectivity index (χ4n) is 4.04. The largest absolute Gasteiger partial charge is 0.352 e. The van der Waals surface area contributed by atoms with Crippen LogP contribution in [0.15, 0.2) is 83.8 Å². The maximum absolute atomic E-state index is 13.9. The fourth-order valence-corrected chi connectivity index (χ4v) is 5.28. The first-order valence-corrected chi connectivity index (χ1v) is 14.7. The monoisotopic (exact) mass is 569 g/mol. The van der Waals surface area contributed by atoms with Gasteiger partial charge in [-0.1, -0.05) is 78.7 Å². The number of hydrogen-bond acceptors (Lipinski definition) is 4. The van der Waals surface area contributed by atoms with E-state index in [2.05, 4.69) is 5.32 Å². The number of carbonyl (C=O) groups is 2. The Kier molecular flexibility index (Phi) is 10.7. The lowest BCUT2D eigenvalue weighted by molar-refractivity contribution is -0.141. The molecular weight excluding hydrogens is 534 g/mol. The lowest BCUT2D eigenvalue weighted by atomic mass is 10.0. The van der Waals surface area contributed by atoms with Gasteiger partial charge in [-0.05, 0) is 55.7 Å². The van der Waals surface area contributed by atoms with Crippen molar-refractivity contribution in [2.24, 2.45) is 0 Å². The summed E-state index contributed by atoms with van der Waals surface area (Å²) < 4.78 is 27.5. The summed E-state index contributed by atoms with van der Waals surface area (Å²) in [5, 5.41) is 3.56. The zero-order valence-corrected chi connectivity index (χ0v) is 24.4. The molecule has 3 aromatic rings. The Bertz CT molecular complexity index is 1350. The van der Waals surface area contributed by atoms with Crippen LogP contribution in [0.5, 0.6) is 0 Å². The third kappa shape index (κ3) is 8.39. The van der Waals surface area contributed by atoms with Crippen LogP contribution >= 0.6 is 11.6 Å². The molecule has 0 heterocycles. The molecule has 0 aliphatic rings. The van der Waals surface area contributed by atoms with Crippen LogP contribution in [-0.2, 0) is 32.6 Å². The van der Waals surface area contributed by atoms with E-state index >= 15 is 0 Å². The molecule has 2 amide bonds. The lowest BCUT2D eigenvalue weighted by Crippen LogP contribution is -2.54. The molecule has 0 radical (unpaired) electrons.